The monoisotopic (exact) mass is 202 g/mol. The van der Waals surface area contributed by atoms with Crippen molar-refractivity contribution in [2.24, 2.45) is 0 Å². The van der Waals surface area contributed by atoms with Gasteiger partial charge in [0, 0.05) is 0 Å². The second kappa shape index (κ2) is 3.53. The molecule has 0 amide bonds. The average Bonchev–Trinajstić information content (AvgIpc) is 2.13. The number of aromatic hydroxyl groups is 3. The Kier molecular flexibility index (Phi) is 2.63. The number of hydrogen-bond donors (Lipinski definition) is 3. The molecule has 0 aromatic heterocycles. The third-order valence-electron chi connectivity index (χ3n) is 1.55. The highest BCUT2D eigenvalue weighted by molar-refractivity contribution is 6.30. The van der Waals surface area contributed by atoms with Crippen LogP contribution in [0.2, 0.25) is 0 Å². The van der Waals surface area contributed by atoms with Crippen molar-refractivity contribution in [1.29, 1.82) is 0 Å². The van der Waals surface area contributed by atoms with Gasteiger partial charge in [-0.2, -0.15) is 0 Å². The van der Waals surface area contributed by atoms with Gasteiger partial charge in [0.05, 0.1) is 11.4 Å². The number of carbonyl (C=O) groups is 1. The molecule has 0 aliphatic rings. The Labute approximate surface area is 79.0 Å². The molecular weight excluding hydrogens is 196 g/mol. The number of halogens is 1. The zero-order valence-corrected chi connectivity index (χ0v) is 7.25. The molecule has 0 fully saturated rings. The third kappa shape index (κ3) is 1.67. The molecule has 0 aliphatic carbocycles. The van der Waals surface area contributed by atoms with Gasteiger partial charge in [-0.3, -0.25) is 4.79 Å². The molecule has 1 aromatic rings. The lowest BCUT2D eigenvalue weighted by atomic mass is 10.1. The maximum Gasteiger partial charge on any atom is 0.201 e. The van der Waals surface area contributed by atoms with Crippen LogP contribution in [0.1, 0.15) is 10.4 Å². The SMILES string of the molecule is O=C(CCl)c1ccc(O)c(O)c1O. The molecule has 4 nitrogen and oxygen atoms in total. The van der Waals surface area contributed by atoms with Crippen LogP contribution in [0.25, 0.3) is 0 Å². The molecule has 0 saturated heterocycles. The molecule has 3 N–H and O–H groups in total. The standard InChI is InChI=1S/C8H7ClO4/c9-3-6(11)4-1-2-5(10)8(13)7(4)12/h1-2,10,12-13H,3H2. The summed E-state index contributed by atoms with van der Waals surface area (Å²) in [4.78, 5) is 11.0. The van der Waals surface area contributed by atoms with Gasteiger partial charge < -0.3 is 15.3 Å². The molecule has 0 saturated carbocycles. The van der Waals surface area contributed by atoms with E-state index in [1.165, 1.54) is 6.07 Å². The lowest BCUT2D eigenvalue weighted by molar-refractivity contribution is 0.101. The smallest absolute Gasteiger partial charge is 0.201 e. The van der Waals surface area contributed by atoms with Crippen LogP contribution in [0.4, 0.5) is 0 Å². The second-order valence-electron chi connectivity index (χ2n) is 2.39. The van der Waals surface area contributed by atoms with E-state index in [0.717, 1.165) is 6.07 Å². The predicted octanol–water partition coefficient (Wildman–Crippen LogP) is 1.22. The number of benzene rings is 1. The van der Waals surface area contributed by atoms with Gasteiger partial charge in [0.15, 0.2) is 17.3 Å². The summed E-state index contributed by atoms with van der Waals surface area (Å²) in [7, 11) is 0. The van der Waals surface area contributed by atoms with E-state index in [1.807, 2.05) is 0 Å². The Bertz CT molecular complexity index is 348. The van der Waals surface area contributed by atoms with Crippen molar-refractivity contribution < 1.29 is 20.1 Å². The Morgan fingerprint density at radius 2 is 1.85 bits per heavy atom. The van der Waals surface area contributed by atoms with E-state index in [0.29, 0.717) is 0 Å². The largest absolute Gasteiger partial charge is 0.504 e. The fourth-order valence-electron chi connectivity index (χ4n) is 0.866. The first-order valence-corrected chi connectivity index (χ1v) is 3.94. The number of carbonyl (C=O) groups excluding carboxylic acids is 1. The molecule has 0 heterocycles. The first-order valence-electron chi connectivity index (χ1n) is 3.41. The van der Waals surface area contributed by atoms with Gasteiger partial charge in [0.2, 0.25) is 5.75 Å². The van der Waals surface area contributed by atoms with E-state index < -0.39 is 23.0 Å². The fraction of sp³-hybridized carbons (Fsp3) is 0.125. The van der Waals surface area contributed by atoms with E-state index in [-0.39, 0.29) is 11.4 Å². The Hall–Kier alpha value is -1.42. The molecule has 0 unspecified atom stereocenters. The summed E-state index contributed by atoms with van der Waals surface area (Å²) in [6.07, 6.45) is 0. The van der Waals surface area contributed by atoms with Crippen molar-refractivity contribution in [3.05, 3.63) is 17.7 Å². The number of hydrogen-bond acceptors (Lipinski definition) is 4. The number of ketones is 1. The van der Waals surface area contributed by atoms with Gasteiger partial charge in [-0.15, -0.1) is 11.6 Å². The van der Waals surface area contributed by atoms with Crippen LogP contribution in [0.5, 0.6) is 17.2 Å². The summed E-state index contributed by atoms with van der Waals surface area (Å²) in [6.45, 7) is 0. The zero-order chi connectivity index (χ0) is 10.0. The molecule has 70 valence electrons. The summed E-state index contributed by atoms with van der Waals surface area (Å²) in [5, 5.41) is 27.2. The van der Waals surface area contributed by atoms with Gasteiger partial charge in [-0.05, 0) is 12.1 Å². The maximum absolute atomic E-state index is 11.0. The van der Waals surface area contributed by atoms with E-state index in [1.54, 1.807) is 0 Å². The summed E-state index contributed by atoms with van der Waals surface area (Å²) < 4.78 is 0. The average molecular weight is 203 g/mol. The van der Waals surface area contributed by atoms with E-state index in [4.69, 9.17) is 21.8 Å². The Morgan fingerprint density at radius 1 is 1.23 bits per heavy atom. The predicted molar refractivity (Wildman–Crippen MR) is 46.5 cm³/mol. The lowest BCUT2D eigenvalue weighted by Crippen LogP contribution is -2.00. The highest BCUT2D eigenvalue weighted by Gasteiger charge is 2.15. The first kappa shape index (κ1) is 9.67. The molecule has 5 heteroatoms. The van der Waals surface area contributed by atoms with Crippen molar-refractivity contribution in [1.82, 2.24) is 0 Å². The van der Waals surface area contributed by atoms with Crippen LogP contribution < -0.4 is 0 Å². The molecule has 0 bridgehead atoms. The first-order chi connectivity index (χ1) is 6.07. The minimum atomic E-state index is -0.712. The third-order valence-corrected chi connectivity index (χ3v) is 1.79. The van der Waals surface area contributed by atoms with Gasteiger partial charge in [-0.25, -0.2) is 0 Å². The van der Waals surface area contributed by atoms with Crippen LogP contribution in [0.3, 0.4) is 0 Å². The van der Waals surface area contributed by atoms with Crippen molar-refractivity contribution >= 4 is 17.4 Å². The van der Waals surface area contributed by atoms with Crippen LogP contribution in [0.15, 0.2) is 12.1 Å². The number of phenols is 3. The zero-order valence-electron chi connectivity index (χ0n) is 6.49. The Balaban J connectivity index is 3.26. The van der Waals surface area contributed by atoms with E-state index in [2.05, 4.69) is 0 Å². The van der Waals surface area contributed by atoms with Crippen molar-refractivity contribution in [2.75, 3.05) is 5.88 Å². The molecular formula is C8H7ClO4. The minimum Gasteiger partial charge on any atom is -0.504 e. The van der Waals surface area contributed by atoms with Crippen LogP contribution >= 0.6 is 11.6 Å². The van der Waals surface area contributed by atoms with Crippen LogP contribution in [0, 0.1) is 0 Å². The number of alkyl halides is 1. The maximum atomic E-state index is 11.0. The second-order valence-corrected chi connectivity index (χ2v) is 2.65. The number of Topliss-reactive ketones (excluding diaryl/α,β-unsaturated/α-hetero) is 1. The van der Waals surface area contributed by atoms with Crippen molar-refractivity contribution in [3.63, 3.8) is 0 Å². The summed E-state index contributed by atoms with van der Waals surface area (Å²) in [5.41, 5.74) is -0.106. The summed E-state index contributed by atoms with van der Waals surface area (Å²) in [6, 6.07) is 2.30. The van der Waals surface area contributed by atoms with Gasteiger partial charge in [0.1, 0.15) is 0 Å². The van der Waals surface area contributed by atoms with E-state index in [9.17, 15) is 9.90 Å². The van der Waals surface area contributed by atoms with Gasteiger partial charge in [0.25, 0.3) is 0 Å². The highest BCUT2D eigenvalue weighted by Crippen LogP contribution is 2.37. The van der Waals surface area contributed by atoms with E-state index >= 15 is 0 Å². The van der Waals surface area contributed by atoms with Gasteiger partial charge in [-0.1, -0.05) is 0 Å². The topological polar surface area (TPSA) is 77.8 Å². The van der Waals surface area contributed by atoms with Crippen molar-refractivity contribution in [2.45, 2.75) is 0 Å². The quantitative estimate of drug-likeness (QED) is 0.383. The molecule has 0 aliphatic heterocycles. The molecule has 1 aromatic carbocycles. The number of phenolic OH excluding ortho intramolecular Hbond substituents is 3. The molecule has 1 rings (SSSR count). The van der Waals surface area contributed by atoms with Crippen LogP contribution in [-0.2, 0) is 0 Å². The lowest BCUT2D eigenvalue weighted by Gasteiger charge is -2.04. The summed E-state index contributed by atoms with van der Waals surface area (Å²) in [5.74, 6) is -2.66. The Morgan fingerprint density at radius 3 is 2.38 bits per heavy atom. The van der Waals surface area contributed by atoms with Crippen molar-refractivity contribution in [3.8, 4) is 17.2 Å². The highest BCUT2D eigenvalue weighted by atomic mass is 35.5. The molecule has 0 atom stereocenters. The van der Waals surface area contributed by atoms with Crippen LogP contribution in [-0.4, -0.2) is 27.0 Å². The van der Waals surface area contributed by atoms with Gasteiger partial charge >= 0.3 is 0 Å². The molecule has 0 radical (unpaired) electrons. The molecule has 0 spiro atoms. The summed E-state index contributed by atoms with van der Waals surface area (Å²) >= 11 is 5.25. The number of rotatable bonds is 2. The normalized spacial score (nSPS) is 9.92. The molecule has 13 heavy (non-hydrogen) atoms. The minimum absolute atomic E-state index is 0.106. The fourth-order valence-corrected chi connectivity index (χ4v) is 1.01.